The van der Waals surface area contributed by atoms with Gasteiger partial charge in [-0.1, -0.05) is 36.4 Å². The van der Waals surface area contributed by atoms with E-state index >= 15 is 0 Å². The molecular formula is C19H13NO2S. The highest BCUT2D eigenvalue weighted by molar-refractivity contribution is 7.11. The second kappa shape index (κ2) is 5.74. The second-order valence-electron chi connectivity index (χ2n) is 5.12. The van der Waals surface area contributed by atoms with Crippen LogP contribution in [0.2, 0.25) is 0 Å². The third-order valence-corrected chi connectivity index (χ3v) is 4.46. The van der Waals surface area contributed by atoms with Crippen LogP contribution in [0.1, 0.15) is 10.4 Å². The second-order valence-corrected chi connectivity index (χ2v) is 6.07. The van der Waals surface area contributed by atoms with Crippen molar-refractivity contribution in [2.24, 2.45) is 0 Å². The van der Waals surface area contributed by atoms with E-state index in [0.29, 0.717) is 5.57 Å². The van der Waals surface area contributed by atoms with Crippen molar-refractivity contribution in [3.05, 3.63) is 76.5 Å². The average molecular weight is 319 g/mol. The van der Waals surface area contributed by atoms with E-state index in [0.717, 1.165) is 27.6 Å². The lowest BCUT2D eigenvalue weighted by Gasteiger charge is -2.05. The first-order valence-electron chi connectivity index (χ1n) is 7.24. The van der Waals surface area contributed by atoms with Gasteiger partial charge in [0, 0.05) is 11.3 Å². The molecule has 0 saturated heterocycles. The standard InChI is InChI=1S/C19H13NO2S/c21-19-15(14-8-4-5-9-16(14)20-19)12-18-17(10-11-23-18)22-13-6-2-1-3-7-13/h1-12H,(H,20,21). The van der Waals surface area contributed by atoms with Gasteiger partial charge in [-0.2, -0.15) is 0 Å². The number of nitrogens with one attached hydrogen (secondary N) is 1. The van der Waals surface area contributed by atoms with Crippen LogP contribution in [-0.2, 0) is 4.79 Å². The molecule has 1 aromatic heterocycles. The van der Waals surface area contributed by atoms with Crippen molar-refractivity contribution < 1.29 is 9.53 Å². The molecule has 0 fully saturated rings. The monoisotopic (exact) mass is 319 g/mol. The molecule has 3 nitrogen and oxygen atoms in total. The Bertz CT molecular complexity index is 896. The topological polar surface area (TPSA) is 38.3 Å². The molecule has 0 spiro atoms. The minimum absolute atomic E-state index is 0.0785. The number of thiophene rings is 1. The van der Waals surface area contributed by atoms with Crippen LogP contribution in [0.15, 0.2) is 66.0 Å². The van der Waals surface area contributed by atoms with E-state index in [4.69, 9.17) is 4.74 Å². The summed E-state index contributed by atoms with van der Waals surface area (Å²) < 4.78 is 5.92. The largest absolute Gasteiger partial charge is 0.456 e. The van der Waals surface area contributed by atoms with Gasteiger partial charge in [0.15, 0.2) is 0 Å². The number of amides is 1. The molecular weight excluding hydrogens is 306 g/mol. The lowest BCUT2D eigenvalue weighted by Crippen LogP contribution is -2.03. The molecule has 2 heterocycles. The Labute approximate surface area is 137 Å². The van der Waals surface area contributed by atoms with E-state index in [1.54, 1.807) is 11.3 Å². The Hall–Kier alpha value is -2.85. The number of rotatable bonds is 3. The molecule has 1 aliphatic heterocycles. The van der Waals surface area contributed by atoms with E-state index in [9.17, 15) is 4.79 Å². The fraction of sp³-hybridized carbons (Fsp3) is 0. The van der Waals surface area contributed by atoms with Crippen molar-refractivity contribution in [1.82, 2.24) is 0 Å². The quantitative estimate of drug-likeness (QED) is 0.687. The van der Waals surface area contributed by atoms with Crippen molar-refractivity contribution >= 4 is 34.6 Å². The molecule has 0 aliphatic carbocycles. The Kier molecular flexibility index (Phi) is 3.44. The van der Waals surface area contributed by atoms with E-state index < -0.39 is 0 Å². The summed E-state index contributed by atoms with van der Waals surface area (Å²) in [7, 11) is 0. The van der Waals surface area contributed by atoms with E-state index in [1.807, 2.05) is 72.1 Å². The molecule has 3 aromatic rings. The summed E-state index contributed by atoms with van der Waals surface area (Å²) in [6.07, 6.45) is 1.89. The molecule has 1 aliphatic rings. The van der Waals surface area contributed by atoms with Crippen LogP contribution in [0, 0.1) is 0 Å². The van der Waals surface area contributed by atoms with Gasteiger partial charge in [0.05, 0.1) is 10.5 Å². The predicted octanol–water partition coefficient (Wildman–Crippen LogP) is 5.03. The van der Waals surface area contributed by atoms with Crippen LogP contribution in [0.25, 0.3) is 11.6 Å². The molecule has 0 atom stereocenters. The van der Waals surface area contributed by atoms with Crippen molar-refractivity contribution in [2.75, 3.05) is 5.32 Å². The smallest absolute Gasteiger partial charge is 0.256 e. The molecule has 0 bridgehead atoms. The number of anilines is 1. The normalized spacial score (nSPS) is 14.6. The van der Waals surface area contributed by atoms with Crippen molar-refractivity contribution in [2.45, 2.75) is 0 Å². The molecule has 0 saturated carbocycles. The number of carbonyl (C=O) groups is 1. The van der Waals surface area contributed by atoms with Crippen molar-refractivity contribution in [1.29, 1.82) is 0 Å². The fourth-order valence-electron chi connectivity index (χ4n) is 2.53. The Morgan fingerprint density at radius 1 is 0.957 bits per heavy atom. The fourth-order valence-corrected chi connectivity index (χ4v) is 3.28. The van der Waals surface area contributed by atoms with Gasteiger partial charge in [0.2, 0.25) is 0 Å². The van der Waals surface area contributed by atoms with Gasteiger partial charge in [-0.05, 0) is 35.7 Å². The molecule has 0 radical (unpaired) electrons. The first-order chi connectivity index (χ1) is 11.3. The zero-order valence-electron chi connectivity index (χ0n) is 12.2. The Morgan fingerprint density at radius 2 is 1.74 bits per heavy atom. The third-order valence-electron chi connectivity index (χ3n) is 3.61. The zero-order valence-corrected chi connectivity index (χ0v) is 13.0. The highest BCUT2D eigenvalue weighted by Crippen LogP contribution is 2.37. The van der Waals surface area contributed by atoms with E-state index in [2.05, 4.69) is 5.32 Å². The van der Waals surface area contributed by atoms with Gasteiger partial charge in [-0.25, -0.2) is 0 Å². The van der Waals surface area contributed by atoms with Gasteiger partial charge in [-0.15, -0.1) is 11.3 Å². The molecule has 0 unspecified atom stereocenters. The molecule has 2 aromatic carbocycles. The lowest BCUT2D eigenvalue weighted by atomic mass is 10.1. The SMILES string of the molecule is O=C1Nc2ccccc2C1=Cc1sccc1Oc1ccccc1. The maximum Gasteiger partial charge on any atom is 0.256 e. The number of carbonyl (C=O) groups excluding carboxylic acids is 1. The Morgan fingerprint density at radius 3 is 2.61 bits per heavy atom. The third kappa shape index (κ3) is 2.64. The zero-order chi connectivity index (χ0) is 15.6. The van der Waals surface area contributed by atoms with Gasteiger partial charge in [0.1, 0.15) is 11.5 Å². The minimum Gasteiger partial charge on any atom is -0.456 e. The summed E-state index contributed by atoms with van der Waals surface area (Å²) in [4.78, 5) is 13.1. The summed E-state index contributed by atoms with van der Waals surface area (Å²) in [6.45, 7) is 0. The summed E-state index contributed by atoms with van der Waals surface area (Å²) >= 11 is 1.55. The van der Waals surface area contributed by atoms with Crippen molar-refractivity contribution in [3.8, 4) is 11.5 Å². The molecule has 112 valence electrons. The Balaban J connectivity index is 1.70. The van der Waals surface area contributed by atoms with Crippen LogP contribution in [0.3, 0.4) is 0 Å². The minimum atomic E-state index is -0.0785. The molecule has 4 heteroatoms. The number of ether oxygens (including phenoxy) is 1. The van der Waals surface area contributed by atoms with Crippen molar-refractivity contribution in [3.63, 3.8) is 0 Å². The summed E-state index contributed by atoms with van der Waals surface area (Å²) in [5, 5.41) is 4.85. The number of para-hydroxylation sites is 2. The van der Waals surface area contributed by atoms with Crippen LogP contribution in [0.5, 0.6) is 11.5 Å². The first kappa shape index (κ1) is 13.8. The first-order valence-corrected chi connectivity index (χ1v) is 8.12. The van der Waals surface area contributed by atoms with Crippen LogP contribution in [-0.4, -0.2) is 5.91 Å². The highest BCUT2D eigenvalue weighted by Gasteiger charge is 2.24. The molecule has 4 rings (SSSR count). The molecule has 1 N–H and O–H groups in total. The summed E-state index contributed by atoms with van der Waals surface area (Å²) in [5.41, 5.74) is 2.45. The molecule has 23 heavy (non-hydrogen) atoms. The number of hydrogen-bond acceptors (Lipinski definition) is 3. The van der Waals surface area contributed by atoms with Gasteiger partial charge < -0.3 is 10.1 Å². The van der Waals surface area contributed by atoms with Crippen LogP contribution >= 0.6 is 11.3 Å². The predicted molar refractivity (Wildman–Crippen MR) is 93.8 cm³/mol. The number of fused-ring (bicyclic) bond motifs is 1. The van der Waals surface area contributed by atoms with Crippen LogP contribution < -0.4 is 10.1 Å². The summed E-state index contributed by atoms with van der Waals surface area (Å²) in [5.74, 6) is 1.46. The van der Waals surface area contributed by atoms with Gasteiger partial charge in [0.25, 0.3) is 5.91 Å². The maximum absolute atomic E-state index is 12.2. The highest BCUT2D eigenvalue weighted by atomic mass is 32.1. The number of benzene rings is 2. The maximum atomic E-state index is 12.2. The van der Waals surface area contributed by atoms with Gasteiger partial charge in [-0.3, -0.25) is 4.79 Å². The summed E-state index contributed by atoms with van der Waals surface area (Å²) in [6, 6.07) is 19.2. The van der Waals surface area contributed by atoms with Gasteiger partial charge >= 0.3 is 0 Å². The lowest BCUT2D eigenvalue weighted by molar-refractivity contribution is -0.110. The molecule has 1 amide bonds. The van der Waals surface area contributed by atoms with Crippen LogP contribution in [0.4, 0.5) is 5.69 Å². The van der Waals surface area contributed by atoms with E-state index in [1.165, 1.54) is 0 Å². The number of hydrogen-bond donors (Lipinski definition) is 1. The van der Waals surface area contributed by atoms with E-state index in [-0.39, 0.29) is 5.91 Å². The average Bonchev–Trinajstić information content (AvgIpc) is 3.14.